The molecule has 0 radical (unpaired) electrons. The summed E-state index contributed by atoms with van der Waals surface area (Å²) in [5.41, 5.74) is 1.45. The van der Waals surface area contributed by atoms with Gasteiger partial charge in [0.2, 0.25) is 11.8 Å². The number of nitrogens with one attached hydrogen (secondary N) is 1. The van der Waals surface area contributed by atoms with Crippen molar-refractivity contribution >= 4 is 46.5 Å². The number of hydrogen-bond acceptors (Lipinski definition) is 7. The SMILES string of the molecule is COc1ccc(/C=C2\SC(=O)N(CCNC(=O)[C@H]3CC(=O)N(c4ccccc4)C3)C2=O)cc1OC. The van der Waals surface area contributed by atoms with E-state index in [1.165, 1.54) is 14.2 Å². The number of carbonyl (C=O) groups is 4. The lowest BCUT2D eigenvalue weighted by molar-refractivity contribution is -0.127. The predicted octanol–water partition coefficient (Wildman–Crippen LogP) is 2.91. The Morgan fingerprint density at radius 3 is 2.54 bits per heavy atom. The van der Waals surface area contributed by atoms with E-state index >= 15 is 0 Å². The van der Waals surface area contributed by atoms with Crippen LogP contribution >= 0.6 is 11.8 Å². The summed E-state index contributed by atoms with van der Waals surface area (Å²) in [6.07, 6.45) is 1.74. The molecule has 9 nitrogen and oxygen atoms in total. The van der Waals surface area contributed by atoms with E-state index in [4.69, 9.17) is 9.47 Å². The van der Waals surface area contributed by atoms with Crippen LogP contribution in [0.1, 0.15) is 12.0 Å². The molecule has 0 spiro atoms. The molecule has 2 aromatic rings. The Kier molecular flexibility index (Phi) is 7.40. The minimum Gasteiger partial charge on any atom is -0.493 e. The van der Waals surface area contributed by atoms with Crippen LogP contribution in [0.3, 0.4) is 0 Å². The molecule has 0 aliphatic carbocycles. The van der Waals surface area contributed by atoms with Crippen molar-refractivity contribution in [3.63, 3.8) is 0 Å². The molecule has 2 heterocycles. The Morgan fingerprint density at radius 1 is 1.09 bits per heavy atom. The lowest BCUT2D eigenvalue weighted by Gasteiger charge is -2.17. The van der Waals surface area contributed by atoms with Gasteiger partial charge in [-0.1, -0.05) is 24.3 Å². The Bertz CT molecular complexity index is 1180. The average Bonchev–Trinajstić information content (AvgIpc) is 3.39. The summed E-state index contributed by atoms with van der Waals surface area (Å²) in [4.78, 5) is 53.1. The number of amides is 4. The van der Waals surface area contributed by atoms with Gasteiger partial charge >= 0.3 is 0 Å². The van der Waals surface area contributed by atoms with E-state index in [2.05, 4.69) is 5.32 Å². The highest BCUT2D eigenvalue weighted by Crippen LogP contribution is 2.34. The number of hydrogen-bond donors (Lipinski definition) is 1. The monoisotopic (exact) mass is 495 g/mol. The van der Waals surface area contributed by atoms with Crippen molar-refractivity contribution in [1.29, 1.82) is 0 Å². The maximum atomic E-state index is 12.8. The maximum absolute atomic E-state index is 12.8. The summed E-state index contributed by atoms with van der Waals surface area (Å²) in [6.45, 7) is 0.448. The van der Waals surface area contributed by atoms with Crippen LogP contribution in [0, 0.1) is 5.92 Å². The van der Waals surface area contributed by atoms with Gasteiger partial charge in [-0.25, -0.2) is 0 Å². The van der Waals surface area contributed by atoms with Gasteiger partial charge in [0.1, 0.15) is 0 Å². The second-order valence-electron chi connectivity index (χ2n) is 7.98. The first-order chi connectivity index (χ1) is 16.9. The van der Waals surface area contributed by atoms with Crippen LogP contribution in [-0.4, -0.2) is 61.7 Å². The van der Waals surface area contributed by atoms with Crippen molar-refractivity contribution in [2.75, 3.05) is 38.8 Å². The van der Waals surface area contributed by atoms with Crippen LogP contribution in [0.4, 0.5) is 10.5 Å². The van der Waals surface area contributed by atoms with Crippen molar-refractivity contribution in [2.24, 2.45) is 5.92 Å². The number of thioether (sulfide) groups is 1. The van der Waals surface area contributed by atoms with E-state index in [1.54, 1.807) is 29.2 Å². The van der Waals surface area contributed by atoms with Gasteiger partial charge in [0, 0.05) is 31.7 Å². The van der Waals surface area contributed by atoms with E-state index in [0.29, 0.717) is 23.6 Å². The minimum atomic E-state index is -0.484. The molecule has 4 rings (SSSR count). The molecule has 2 aromatic carbocycles. The van der Waals surface area contributed by atoms with Gasteiger partial charge in [-0.3, -0.25) is 24.1 Å². The number of imide groups is 1. The Hall–Kier alpha value is -3.79. The van der Waals surface area contributed by atoms with Gasteiger partial charge in [-0.2, -0.15) is 0 Å². The summed E-state index contributed by atoms with van der Waals surface area (Å²) in [5.74, 6) is -0.214. The van der Waals surface area contributed by atoms with E-state index in [1.807, 2.05) is 30.3 Å². The van der Waals surface area contributed by atoms with Gasteiger partial charge in [0.15, 0.2) is 11.5 Å². The number of nitrogens with zero attached hydrogens (tertiary/aromatic N) is 2. The van der Waals surface area contributed by atoms with Gasteiger partial charge in [-0.05, 0) is 47.7 Å². The molecule has 0 bridgehead atoms. The smallest absolute Gasteiger partial charge is 0.293 e. The molecule has 1 N–H and O–H groups in total. The molecule has 10 heteroatoms. The van der Waals surface area contributed by atoms with Crippen molar-refractivity contribution in [3.8, 4) is 11.5 Å². The highest BCUT2D eigenvalue weighted by molar-refractivity contribution is 8.18. The molecule has 35 heavy (non-hydrogen) atoms. The third-order valence-corrected chi connectivity index (χ3v) is 6.68. The summed E-state index contributed by atoms with van der Waals surface area (Å²) in [6, 6.07) is 14.4. The fraction of sp³-hybridized carbons (Fsp3) is 0.280. The largest absolute Gasteiger partial charge is 0.493 e. The first-order valence-corrected chi connectivity index (χ1v) is 11.8. The van der Waals surface area contributed by atoms with Gasteiger partial charge < -0.3 is 19.7 Å². The van der Waals surface area contributed by atoms with E-state index in [9.17, 15) is 19.2 Å². The van der Waals surface area contributed by atoms with Gasteiger partial charge in [-0.15, -0.1) is 0 Å². The number of carbonyl (C=O) groups excluding carboxylic acids is 4. The highest BCUT2D eigenvalue weighted by Gasteiger charge is 2.37. The zero-order valence-electron chi connectivity index (χ0n) is 19.4. The Balaban J connectivity index is 1.32. The third kappa shape index (κ3) is 5.32. The minimum absolute atomic E-state index is 0.0444. The predicted molar refractivity (Wildman–Crippen MR) is 132 cm³/mol. The molecule has 0 unspecified atom stereocenters. The quantitative estimate of drug-likeness (QED) is 0.562. The second kappa shape index (κ2) is 10.6. The number of anilines is 1. The molecule has 0 saturated carbocycles. The molecule has 1 atom stereocenters. The zero-order valence-corrected chi connectivity index (χ0v) is 20.2. The fourth-order valence-corrected chi connectivity index (χ4v) is 4.83. The topological polar surface area (TPSA) is 105 Å². The van der Waals surface area contributed by atoms with Crippen molar-refractivity contribution < 1.29 is 28.7 Å². The van der Waals surface area contributed by atoms with Crippen LogP contribution in [0.25, 0.3) is 6.08 Å². The number of methoxy groups -OCH3 is 2. The van der Waals surface area contributed by atoms with E-state index in [-0.39, 0.29) is 36.2 Å². The van der Waals surface area contributed by atoms with Crippen LogP contribution in [-0.2, 0) is 14.4 Å². The van der Waals surface area contributed by atoms with E-state index < -0.39 is 17.1 Å². The molecule has 2 aliphatic rings. The number of rotatable bonds is 8. The van der Waals surface area contributed by atoms with Crippen molar-refractivity contribution in [2.45, 2.75) is 6.42 Å². The van der Waals surface area contributed by atoms with Crippen LogP contribution in [0.2, 0.25) is 0 Å². The van der Waals surface area contributed by atoms with Crippen molar-refractivity contribution in [1.82, 2.24) is 10.2 Å². The number of para-hydroxylation sites is 1. The summed E-state index contributed by atoms with van der Waals surface area (Å²) < 4.78 is 10.5. The molecule has 4 amide bonds. The molecule has 2 fully saturated rings. The normalized spacial score (nSPS) is 19.0. The van der Waals surface area contributed by atoms with Gasteiger partial charge in [0.05, 0.1) is 25.0 Å². The van der Waals surface area contributed by atoms with Crippen LogP contribution in [0.5, 0.6) is 11.5 Å². The molecular weight excluding hydrogens is 470 g/mol. The van der Waals surface area contributed by atoms with Crippen molar-refractivity contribution in [3.05, 3.63) is 59.0 Å². The third-order valence-electron chi connectivity index (χ3n) is 5.78. The van der Waals surface area contributed by atoms with E-state index in [0.717, 1.165) is 22.3 Å². The Morgan fingerprint density at radius 2 is 1.83 bits per heavy atom. The summed E-state index contributed by atoms with van der Waals surface area (Å²) >= 11 is 0.845. The first-order valence-electron chi connectivity index (χ1n) is 11.0. The lowest BCUT2D eigenvalue weighted by atomic mass is 10.1. The Labute approximate surface area is 207 Å². The van der Waals surface area contributed by atoms with Crippen LogP contribution in [0.15, 0.2) is 53.4 Å². The second-order valence-corrected chi connectivity index (χ2v) is 8.97. The zero-order chi connectivity index (χ0) is 24.9. The number of ether oxygens (including phenoxy) is 2. The number of benzene rings is 2. The highest BCUT2D eigenvalue weighted by atomic mass is 32.2. The molecule has 2 aliphatic heterocycles. The fourth-order valence-electron chi connectivity index (χ4n) is 3.96. The van der Waals surface area contributed by atoms with Gasteiger partial charge in [0.25, 0.3) is 11.1 Å². The average molecular weight is 496 g/mol. The maximum Gasteiger partial charge on any atom is 0.293 e. The molecule has 182 valence electrons. The summed E-state index contributed by atoms with van der Waals surface area (Å²) in [5, 5.41) is 2.35. The molecule has 0 aromatic heterocycles. The standard InChI is InChI=1S/C25H25N3O6S/c1-33-19-9-8-16(12-20(19)34-2)13-21-24(31)27(25(32)35-21)11-10-26-23(30)17-14-22(29)28(15-17)18-6-4-3-5-7-18/h3-9,12-13,17H,10-11,14-15H2,1-2H3,(H,26,30)/b21-13-/t17-/m0/s1. The molecular formula is C25H25N3O6S. The summed E-state index contributed by atoms with van der Waals surface area (Å²) in [7, 11) is 3.05. The molecule has 2 saturated heterocycles. The van der Waals surface area contributed by atoms with Crippen LogP contribution < -0.4 is 19.7 Å². The first kappa shape index (κ1) is 24.3. The lowest BCUT2D eigenvalue weighted by Crippen LogP contribution is -2.40.